The number of carbonyl (C=O) groups is 1. The molecule has 0 saturated carbocycles. The van der Waals surface area contributed by atoms with Gasteiger partial charge in [-0.05, 0) is 55.3 Å². The number of hydrogen-bond acceptors (Lipinski definition) is 5. The van der Waals surface area contributed by atoms with Crippen LogP contribution >= 0.6 is 11.3 Å². The van der Waals surface area contributed by atoms with Crippen LogP contribution in [0.15, 0.2) is 46.8 Å². The van der Waals surface area contributed by atoms with Crippen molar-refractivity contribution >= 4 is 17.2 Å². The summed E-state index contributed by atoms with van der Waals surface area (Å²) in [5.74, 6) is -0.409. The van der Waals surface area contributed by atoms with Crippen LogP contribution in [-0.4, -0.2) is 51.4 Å². The van der Waals surface area contributed by atoms with E-state index in [0.29, 0.717) is 42.1 Å². The fourth-order valence-electron chi connectivity index (χ4n) is 4.89. The minimum absolute atomic E-state index is 0.0403. The van der Waals surface area contributed by atoms with E-state index in [1.54, 1.807) is 23.8 Å². The predicted octanol–water partition coefficient (Wildman–Crippen LogP) is 3.80. The van der Waals surface area contributed by atoms with Gasteiger partial charge in [0, 0.05) is 43.9 Å². The Bertz CT molecular complexity index is 1200. The van der Waals surface area contributed by atoms with E-state index >= 15 is 0 Å². The second-order valence-electron chi connectivity index (χ2n) is 8.74. The van der Waals surface area contributed by atoms with Gasteiger partial charge in [0.05, 0.1) is 11.7 Å². The van der Waals surface area contributed by atoms with Crippen molar-refractivity contribution in [1.82, 2.24) is 19.4 Å². The number of piperidine rings is 1. The van der Waals surface area contributed by atoms with E-state index in [0.717, 1.165) is 30.9 Å². The Morgan fingerprint density at radius 3 is 2.70 bits per heavy atom. The molecule has 0 radical (unpaired) electrons. The highest BCUT2D eigenvalue weighted by molar-refractivity contribution is 7.11. The molecule has 0 spiro atoms. The first-order valence-corrected chi connectivity index (χ1v) is 12.4. The highest BCUT2D eigenvalue weighted by Crippen LogP contribution is 2.26. The van der Waals surface area contributed by atoms with Crippen molar-refractivity contribution in [2.45, 2.75) is 38.8 Å². The van der Waals surface area contributed by atoms with Crippen LogP contribution in [-0.2, 0) is 19.5 Å². The third kappa shape index (κ3) is 4.63. The minimum atomic E-state index is -0.369. The maximum atomic E-state index is 14.0. The van der Waals surface area contributed by atoms with E-state index in [2.05, 4.69) is 9.88 Å². The number of likely N-dealkylation sites (tertiary alicyclic amines) is 1. The van der Waals surface area contributed by atoms with Crippen LogP contribution in [0.3, 0.4) is 0 Å². The van der Waals surface area contributed by atoms with E-state index in [4.69, 9.17) is 0 Å². The van der Waals surface area contributed by atoms with Gasteiger partial charge < -0.3 is 14.4 Å². The van der Waals surface area contributed by atoms with Crippen LogP contribution in [0.2, 0.25) is 0 Å². The molecule has 3 aromatic rings. The van der Waals surface area contributed by atoms with Crippen LogP contribution in [0.25, 0.3) is 11.1 Å². The summed E-state index contributed by atoms with van der Waals surface area (Å²) in [4.78, 5) is 35.4. The van der Waals surface area contributed by atoms with Gasteiger partial charge in [0.2, 0.25) is 0 Å². The lowest BCUT2D eigenvalue weighted by atomic mass is 9.98. The maximum Gasteiger partial charge on any atom is 0.265 e. The smallest absolute Gasteiger partial charge is 0.265 e. The molecule has 8 heteroatoms. The molecule has 1 fully saturated rings. The van der Waals surface area contributed by atoms with Crippen molar-refractivity contribution in [2.24, 2.45) is 0 Å². The third-order valence-corrected chi connectivity index (χ3v) is 7.39. The number of benzene rings is 1. The van der Waals surface area contributed by atoms with Gasteiger partial charge in [0.1, 0.15) is 10.7 Å². The number of hydrogen-bond donors (Lipinski definition) is 0. The molecule has 1 saturated heterocycles. The number of amides is 1. The first-order chi connectivity index (χ1) is 16.1. The summed E-state index contributed by atoms with van der Waals surface area (Å²) < 4.78 is 15.8. The van der Waals surface area contributed by atoms with E-state index in [1.165, 1.54) is 42.7 Å². The van der Waals surface area contributed by atoms with Crippen LogP contribution < -0.4 is 5.56 Å². The van der Waals surface area contributed by atoms with E-state index in [-0.39, 0.29) is 17.3 Å². The molecule has 6 nitrogen and oxygen atoms in total. The summed E-state index contributed by atoms with van der Waals surface area (Å²) in [6.45, 7) is 4.55. The molecule has 1 amide bonds. The standard InChI is InChI=1S/C25H27FN4O2S/c26-20-6-4-5-18(13-20)21-14-19-16-29(25(32)23-15-27-17-33-23)10-7-22(19)30(24(21)31)12-11-28-8-2-1-3-9-28/h4-6,13-15,17H,1-3,7-12,16H2. The molecule has 0 unspecified atom stereocenters. The number of pyridine rings is 1. The Kier molecular flexibility index (Phi) is 6.37. The Hall–Kier alpha value is -2.84. The fourth-order valence-corrected chi connectivity index (χ4v) is 5.48. The first kappa shape index (κ1) is 22.0. The molecule has 0 aliphatic carbocycles. The van der Waals surface area contributed by atoms with Crippen LogP contribution in [0.4, 0.5) is 4.39 Å². The summed E-state index contributed by atoms with van der Waals surface area (Å²) in [6.07, 6.45) is 5.89. The quantitative estimate of drug-likeness (QED) is 0.574. The SMILES string of the molecule is O=C(c1cncs1)N1CCc2c(cc(-c3cccc(F)c3)c(=O)n2CCN2CCCCC2)C1. The molecular weight excluding hydrogens is 439 g/mol. The second kappa shape index (κ2) is 9.57. The van der Waals surface area contributed by atoms with Gasteiger partial charge in [0.15, 0.2) is 0 Å². The van der Waals surface area contributed by atoms with Gasteiger partial charge >= 0.3 is 0 Å². The number of fused-ring (bicyclic) bond motifs is 1. The lowest BCUT2D eigenvalue weighted by Gasteiger charge is -2.32. The van der Waals surface area contributed by atoms with Crippen LogP contribution in [0, 0.1) is 5.82 Å². The highest BCUT2D eigenvalue weighted by atomic mass is 32.1. The molecule has 1 aromatic carbocycles. The lowest BCUT2D eigenvalue weighted by molar-refractivity contribution is 0.0736. The Labute approximate surface area is 196 Å². The number of carbonyl (C=O) groups excluding carboxylic acids is 1. The van der Waals surface area contributed by atoms with Gasteiger partial charge in [-0.3, -0.25) is 14.6 Å². The van der Waals surface area contributed by atoms with Gasteiger partial charge in [-0.1, -0.05) is 18.6 Å². The molecule has 0 N–H and O–H groups in total. The third-order valence-electron chi connectivity index (χ3n) is 6.62. The summed E-state index contributed by atoms with van der Waals surface area (Å²) in [5, 5.41) is 0. The summed E-state index contributed by atoms with van der Waals surface area (Å²) in [5.41, 5.74) is 4.57. The van der Waals surface area contributed by atoms with Crippen LogP contribution in [0.5, 0.6) is 0 Å². The number of aromatic nitrogens is 2. The predicted molar refractivity (Wildman–Crippen MR) is 127 cm³/mol. The summed E-state index contributed by atoms with van der Waals surface area (Å²) in [7, 11) is 0. The van der Waals surface area contributed by atoms with Crippen LogP contribution in [0.1, 0.15) is 40.2 Å². The zero-order chi connectivity index (χ0) is 22.8. The van der Waals surface area contributed by atoms with Gasteiger partial charge in [-0.2, -0.15) is 0 Å². The normalized spacial score (nSPS) is 16.6. The minimum Gasteiger partial charge on any atom is -0.333 e. The van der Waals surface area contributed by atoms with E-state index < -0.39 is 0 Å². The molecule has 0 atom stereocenters. The molecular formula is C25H27FN4O2S. The topological polar surface area (TPSA) is 58.4 Å². The number of halogens is 1. The highest BCUT2D eigenvalue weighted by Gasteiger charge is 2.27. The molecule has 172 valence electrons. The largest absolute Gasteiger partial charge is 0.333 e. The molecule has 2 aliphatic heterocycles. The van der Waals surface area contributed by atoms with Crippen molar-refractivity contribution in [2.75, 3.05) is 26.2 Å². The summed E-state index contributed by atoms with van der Waals surface area (Å²) >= 11 is 1.33. The zero-order valence-electron chi connectivity index (χ0n) is 18.5. The Morgan fingerprint density at radius 2 is 1.94 bits per heavy atom. The average molecular weight is 467 g/mol. The first-order valence-electron chi connectivity index (χ1n) is 11.5. The molecule has 2 aliphatic rings. The van der Waals surface area contributed by atoms with Gasteiger partial charge in [-0.15, -0.1) is 11.3 Å². The molecule has 2 aromatic heterocycles. The van der Waals surface area contributed by atoms with E-state index in [9.17, 15) is 14.0 Å². The summed E-state index contributed by atoms with van der Waals surface area (Å²) in [6, 6.07) is 8.04. The van der Waals surface area contributed by atoms with E-state index in [1.807, 2.05) is 15.5 Å². The molecule has 0 bridgehead atoms. The van der Waals surface area contributed by atoms with Crippen molar-refractivity contribution in [3.05, 3.63) is 74.3 Å². The number of thiazole rings is 1. The monoisotopic (exact) mass is 466 g/mol. The Balaban J connectivity index is 1.51. The zero-order valence-corrected chi connectivity index (χ0v) is 19.3. The maximum absolute atomic E-state index is 14.0. The van der Waals surface area contributed by atoms with Gasteiger partial charge in [0.25, 0.3) is 11.5 Å². The Morgan fingerprint density at radius 1 is 1.09 bits per heavy atom. The number of rotatable bonds is 5. The molecule has 5 rings (SSSR count). The molecule has 33 heavy (non-hydrogen) atoms. The van der Waals surface area contributed by atoms with Crippen molar-refractivity contribution < 1.29 is 9.18 Å². The lowest BCUT2D eigenvalue weighted by Crippen LogP contribution is -2.41. The average Bonchev–Trinajstić information content (AvgIpc) is 3.38. The van der Waals surface area contributed by atoms with Crippen molar-refractivity contribution in [3.63, 3.8) is 0 Å². The fraction of sp³-hybridized carbons (Fsp3) is 0.400. The van der Waals surface area contributed by atoms with Gasteiger partial charge in [-0.25, -0.2) is 4.39 Å². The molecule has 4 heterocycles. The van der Waals surface area contributed by atoms with Crippen molar-refractivity contribution in [1.29, 1.82) is 0 Å². The second-order valence-corrected chi connectivity index (χ2v) is 9.63. The number of nitrogens with zero attached hydrogens (tertiary/aromatic N) is 4. The van der Waals surface area contributed by atoms with Crippen molar-refractivity contribution in [3.8, 4) is 11.1 Å².